The summed E-state index contributed by atoms with van der Waals surface area (Å²) in [7, 11) is 0. The van der Waals surface area contributed by atoms with E-state index in [1.165, 1.54) is 22.2 Å². The molecular formula is C26H20ClN3O2S. The van der Waals surface area contributed by atoms with E-state index in [4.69, 9.17) is 11.6 Å². The van der Waals surface area contributed by atoms with Crippen molar-refractivity contribution in [2.45, 2.75) is 19.9 Å². The lowest BCUT2D eigenvalue weighted by Gasteiger charge is -2.16. The average Bonchev–Trinajstić information content (AvgIpc) is 3.26. The molecule has 0 fully saturated rings. The number of hydrogen-bond acceptors (Lipinski definition) is 4. The Morgan fingerprint density at radius 3 is 2.70 bits per heavy atom. The number of thiophene rings is 1. The Morgan fingerprint density at radius 2 is 1.88 bits per heavy atom. The lowest BCUT2D eigenvalue weighted by atomic mass is 10.0. The largest absolute Gasteiger partial charge is 0.324 e. The van der Waals surface area contributed by atoms with E-state index in [0.717, 1.165) is 27.5 Å². The molecule has 7 heteroatoms. The molecule has 5 aromatic rings. The predicted octanol–water partition coefficient (Wildman–Crippen LogP) is 6.44. The second-order valence-corrected chi connectivity index (χ2v) is 9.27. The lowest BCUT2D eigenvalue weighted by molar-refractivity contribution is -0.118. The van der Waals surface area contributed by atoms with Crippen LogP contribution < -0.4 is 10.9 Å². The van der Waals surface area contributed by atoms with Gasteiger partial charge in [-0.3, -0.25) is 14.2 Å². The number of carbonyl (C=O) groups is 1. The zero-order valence-corrected chi connectivity index (χ0v) is 19.6. The number of carbonyl (C=O) groups excluding carboxylic acids is 1. The highest BCUT2D eigenvalue weighted by Gasteiger charge is 2.21. The highest BCUT2D eigenvalue weighted by molar-refractivity contribution is 7.17. The minimum Gasteiger partial charge on any atom is -0.324 e. The van der Waals surface area contributed by atoms with Crippen LogP contribution in [0.3, 0.4) is 0 Å². The first-order chi connectivity index (χ1) is 15.9. The van der Waals surface area contributed by atoms with E-state index in [0.29, 0.717) is 20.9 Å². The molecule has 164 valence electrons. The van der Waals surface area contributed by atoms with E-state index < -0.39 is 6.04 Å². The van der Waals surface area contributed by atoms with Crippen molar-refractivity contribution in [3.05, 3.63) is 93.3 Å². The van der Waals surface area contributed by atoms with Gasteiger partial charge in [-0.2, -0.15) is 0 Å². The van der Waals surface area contributed by atoms with Crippen molar-refractivity contribution in [3.63, 3.8) is 0 Å². The van der Waals surface area contributed by atoms with E-state index in [-0.39, 0.29) is 11.5 Å². The molecule has 0 radical (unpaired) electrons. The van der Waals surface area contributed by atoms with Gasteiger partial charge in [-0.1, -0.05) is 54.1 Å². The molecule has 0 aliphatic heterocycles. The SMILES string of the molecule is Cc1ccc(Cl)cc1NC(=O)C(C)n1cnc2scc(-c3ccc4ccccc4c3)c2c1=O. The number of nitrogens with zero attached hydrogens (tertiary/aromatic N) is 2. The number of amides is 1. The maximum Gasteiger partial charge on any atom is 0.263 e. The number of rotatable bonds is 4. The Hall–Kier alpha value is -3.48. The fourth-order valence-electron chi connectivity index (χ4n) is 3.88. The number of fused-ring (bicyclic) bond motifs is 2. The van der Waals surface area contributed by atoms with Gasteiger partial charge >= 0.3 is 0 Å². The first kappa shape index (κ1) is 21.4. The summed E-state index contributed by atoms with van der Waals surface area (Å²) in [6, 6.07) is 18.8. The Bertz CT molecular complexity index is 1590. The Kier molecular flexibility index (Phi) is 5.48. The van der Waals surface area contributed by atoms with Gasteiger partial charge < -0.3 is 5.32 Å². The first-order valence-electron chi connectivity index (χ1n) is 10.5. The maximum atomic E-state index is 13.5. The van der Waals surface area contributed by atoms with Crippen LogP contribution in [0, 0.1) is 6.92 Å². The van der Waals surface area contributed by atoms with Gasteiger partial charge in [-0.15, -0.1) is 11.3 Å². The predicted molar refractivity (Wildman–Crippen MR) is 136 cm³/mol. The van der Waals surface area contributed by atoms with Gasteiger partial charge in [0.05, 0.1) is 11.7 Å². The molecule has 0 aliphatic carbocycles. The van der Waals surface area contributed by atoms with E-state index in [9.17, 15) is 9.59 Å². The molecule has 2 aromatic heterocycles. The number of hydrogen-bond donors (Lipinski definition) is 1. The zero-order valence-electron chi connectivity index (χ0n) is 18.0. The van der Waals surface area contributed by atoms with Crippen LogP contribution in [0.2, 0.25) is 5.02 Å². The molecule has 3 aromatic carbocycles. The summed E-state index contributed by atoms with van der Waals surface area (Å²) in [4.78, 5) is 31.6. The van der Waals surface area contributed by atoms with Crippen LogP contribution in [0.15, 0.2) is 77.2 Å². The van der Waals surface area contributed by atoms with Crippen molar-refractivity contribution in [2.75, 3.05) is 5.32 Å². The standard InChI is InChI=1S/C26H20ClN3O2S/c1-15-7-10-20(27)12-22(15)29-24(31)16(2)30-14-28-25-23(26(30)32)21(13-33-25)19-9-8-17-5-3-4-6-18(17)11-19/h3-14,16H,1-2H3,(H,29,31). The van der Waals surface area contributed by atoms with Gasteiger partial charge in [0, 0.05) is 21.7 Å². The van der Waals surface area contributed by atoms with Crippen LogP contribution in [0.4, 0.5) is 5.69 Å². The summed E-state index contributed by atoms with van der Waals surface area (Å²) in [5.41, 5.74) is 3.04. The van der Waals surface area contributed by atoms with E-state index in [1.54, 1.807) is 19.1 Å². The van der Waals surface area contributed by atoms with Crippen molar-refractivity contribution in [3.8, 4) is 11.1 Å². The molecule has 0 aliphatic rings. The van der Waals surface area contributed by atoms with Crippen LogP contribution in [-0.2, 0) is 4.79 Å². The minimum atomic E-state index is -0.753. The van der Waals surface area contributed by atoms with E-state index in [1.807, 2.05) is 48.7 Å². The second-order valence-electron chi connectivity index (χ2n) is 7.97. The van der Waals surface area contributed by atoms with Gasteiger partial charge in [-0.05, 0) is 53.9 Å². The molecule has 2 heterocycles. The highest BCUT2D eigenvalue weighted by Crippen LogP contribution is 2.32. The lowest BCUT2D eigenvalue weighted by Crippen LogP contribution is -2.31. The van der Waals surface area contributed by atoms with Gasteiger partial charge in [0.2, 0.25) is 5.91 Å². The van der Waals surface area contributed by atoms with Crippen molar-refractivity contribution < 1.29 is 4.79 Å². The number of halogens is 1. The summed E-state index contributed by atoms with van der Waals surface area (Å²) in [6.45, 7) is 3.57. The van der Waals surface area contributed by atoms with Crippen molar-refractivity contribution in [1.82, 2.24) is 9.55 Å². The topological polar surface area (TPSA) is 64.0 Å². The molecule has 0 spiro atoms. The summed E-state index contributed by atoms with van der Waals surface area (Å²) >= 11 is 7.50. The number of aryl methyl sites for hydroxylation is 1. The van der Waals surface area contributed by atoms with Crippen LogP contribution in [0.5, 0.6) is 0 Å². The molecule has 1 unspecified atom stereocenters. The summed E-state index contributed by atoms with van der Waals surface area (Å²) in [5.74, 6) is -0.314. The Balaban J connectivity index is 1.54. The number of aromatic nitrogens is 2. The summed E-state index contributed by atoms with van der Waals surface area (Å²) in [5, 5.41) is 8.12. The molecule has 0 saturated heterocycles. The molecule has 0 saturated carbocycles. The summed E-state index contributed by atoms with van der Waals surface area (Å²) < 4.78 is 1.38. The van der Waals surface area contributed by atoms with Gasteiger partial charge in [-0.25, -0.2) is 4.98 Å². The van der Waals surface area contributed by atoms with Gasteiger partial charge in [0.15, 0.2) is 0 Å². The normalized spacial score (nSPS) is 12.2. The molecule has 33 heavy (non-hydrogen) atoms. The third kappa shape index (κ3) is 3.92. The minimum absolute atomic E-state index is 0.241. The highest BCUT2D eigenvalue weighted by atomic mass is 35.5. The van der Waals surface area contributed by atoms with Crippen LogP contribution in [0.1, 0.15) is 18.5 Å². The number of anilines is 1. The van der Waals surface area contributed by atoms with E-state index >= 15 is 0 Å². The van der Waals surface area contributed by atoms with Crippen LogP contribution in [-0.4, -0.2) is 15.5 Å². The molecule has 5 nitrogen and oxygen atoms in total. The van der Waals surface area contributed by atoms with Gasteiger partial charge in [0.25, 0.3) is 5.56 Å². The monoisotopic (exact) mass is 473 g/mol. The van der Waals surface area contributed by atoms with Crippen LogP contribution >= 0.6 is 22.9 Å². The molecule has 1 N–H and O–H groups in total. The fraction of sp³-hybridized carbons (Fsp3) is 0.115. The second kappa shape index (κ2) is 8.46. The molecule has 1 atom stereocenters. The quantitative estimate of drug-likeness (QED) is 0.326. The molecule has 0 bridgehead atoms. The molecular weight excluding hydrogens is 454 g/mol. The summed E-state index contributed by atoms with van der Waals surface area (Å²) in [6.07, 6.45) is 1.44. The maximum absolute atomic E-state index is 13.5. The van der Waals surface area contributed by atoms with Crippen molar-refractivity contribution in [1.29, 1.82) is 0 Å². The smallest absolute Gasteiger partial charge is 0.263 e. The number of nitrogens with one attached hydrogen (secondary N) is 1. The zero-order chi connectivity index (χ0) is 23.1. The van der Waals surface area contributed by atoms with Crippen molar-refractivity contribution in [2.24, 2.45) is 0 Å². The van der Waals surface area contributed by atoms with Gasteiger partial charge in [0.1, 0.15) is 10.9 Å². The molecule has 5 rings (SSSR count). The van der Waals surface area contributed by atoms with Crippen LogP contribution in [0.25, 0.3) is 32.1 Å². The average molecular weight is 474 g/mol. The first-order valence-corrected chi connectivity index (χ1v) is 11.7. The fourth-order valence-corrected chi connectivity index (χ4v) is 4.96. The van der Waals surface area contributed by atoms with E-state index in [2.05, 4.69) is 22.4 Å². The van der Waals surface area contributed by atoms with Crippen molar-refractivity contribution >= 4 is 55.5 Å². The third-order valence-electron chi connectivity index (χ3n) is 5.83. The Morgan fingerprint density at radius 1 is 1.09 bits per heavy atom. The molecule has 1 amide bonds. The Labute approximate surface area is 199 Å². The third-order valence-corrected chi connectivity index (χ3v) is 6.96. The number of benzene rings is 3.